The monoisotopic (exact) mass is 268 g/mol. The van der Waals surface area contributed by atoms with Crippen LogP contribution in [-0.2, 0) is 6.54 Å². The lowest BCUT2D eigenvalue weighted by atomic mass is 10.2. The Labute approximate surface area is 115 Å². The van der Waals surface area contributed by atoms with E-state index in [2.05, 4.69) is 5.92 Å². The highest BCUT2D eigenvalue weighted by molar-refractivity contribution is 5.95. The summed E-state index contributed by atoms with van der Waals surface area (Å²) in [5.74, 6) is 1.76. The fraction of sp³-hybridized carbons (Fsp3) is 0.133. The standard InChI is InChI=1S/C15H12N2O3/c1-2-3-10-16-11-9-13(18)17(15(16)20)14(19)12-7-5-4-6-8-12/h1,4-9,11H,3,10H2. The molecule has 0 radical (unpaired) electrons. The molecule has 1 aromatic heterocycles. The Balaban J connectivity index is 2.52. The van der Waals surface area contributed by atoms with Crippen molar-refractivity contribution < 1.29 is 4.79 Å². The molecule has 2 aromatic rings. The van der Waals surface area contributed by atoms with Crippen molar-refractivity contribution >= 4 is 5.91 Å². The van der Waals surface area contributed by atoms with Crippen molar-refractivity contribution in [1.29, 1.82) is 0 Å². The number of hydrogen-bond donors (Lipinski definition) is 0. The van der Waals surface area contributed by atoms with Crippen LogP contribution >= 0.6 is 0 Å². The number of carbonyl (C=O) groups excluding carboxylic acids is 1. The molecule has 0 aliphatic heterocycles. The molecule has 0 amide bonds. The van der Waals surface area contributed by atoms with Gasteiger partial charge in [0.05, 0.1) is 0 Å². The SMILES string of the molecule is C#CCCn1ccc(=O)n(C(=O)c2ccccc2)c1=O. The van der Waals surface area contributed by atoms with Gasteiger partial charge in [-0.15, -0.1) is 12.3 Å². The van der Waals surface area contributed by atoms with E-state index < -0.39 is 17.2 Å². The second kappa shape index (κ2) is 5.85. The maximum absolute atomic E-state index is 12.2. The second-order valence-electron chi connectivity index (χ2n) is 4.09. The molecule has 20 heavy (non-hydrogen) atoms. The molecule has 5 nitrogen and oxygen atoms in total. The first-order valence-electron chi connectivity index (χ1n) is 6.01. The summed E-state index contributed by atoms with van der Waals surface area (Å²) in [6, 6.07) is 9.35. The van der Waals surface area contributed by atoms with Crippen LogP contribution in [0.25, 0.3) is 0 Å². The Morgan fingerprint density at radius 1 is 1.15 bits per heavy atom. The third-order valence-corrected chi connectivity index (χ3v) is 2.78. The number of benzene rings is 1. The Kier molecular flexibility index (Phi) is 3.96. The quantitative estimate of drug-likeness (QED) is 0.771. The Morgan fingerprint density at radius 3 is 2.50 bits per heavy atom. The molecule has 1 aromatic carbocycles. The minimum atomic E-state index is -0.679. The predicted molar refractivity (Wildman–Crippen MR) is 74.6 cm³/mol. The van der Waals surface area contributed by atoms with Gasteiger partial charge in [-0.2, -0.15) is 4.57 Å². The van der Waals surface area contributed by atoms with Gasteiger partial charge in [-0.1, -0.05) is 18.2 Å². The van der Waals surface area contributed by atoms with E-state index in [9.17, 15) is 14.4 Å². The largest absolute Gasteiger partial charge is 0.338 e. The minimum absolute atomic E-state index is 0.262. The minimum Gasteiger partial charge on any atom is -0.299 e. The molecule has 0 saturated carbocycles. The number of hydrogen-bond acceptors (Lipinski definition) is 3. The topological polar surface area (TPSA) is 61.1 Å². The molecule has 0 aliphatic rings. The van der Waals surface area contributed by atoms with Gasteiger partial charge in [0.25, 0.3) is 11.5 Å². The summed E-state index contributed by atoms with van der Waals surface area (Å²) < 4.78 is 1.87. The summed E-state index contributed by atoms with van der Waals surface area (Å²) >= 11 is 0. The molecule has 5 heteroatoms. The molecule has 100 valence electrons. The molecule has 0 aliphatic carbocycles. The fourth-order valence-corrected chi connectivity index (χ4v) is 1.77. The second-order valence-corrected chi connectivity index (χ2v) is 4.09. The summed E-state index contributed by atoms with van der Waals surface area (Å²) in [6.07, 6.45) is 6.83. The van der Waals surface area contributed by atoms with E-state index in [-0.39, 0.29) is 12.1 Å². The highest BCUT2D eigenvalue weighted by Crippen LogP contribution is 1.99. The highest BCUT2D eigenvalue weighted by atomic mass is 16.2. The third-order valence-electron chi connectivity index (χ3n) is 2.78. The molecular weight excluding hydrogens is 256 g/mol. The van der Waals surface area contributed by atoms with Gasteiger partial charge in [-0.05, 0) is 12.1 Å². The molecule has 0 atom stereocenters. The number of aromatic nitrogens is 2. The first-order chi connectivity index (χ1) is 9.65. The van der Waals surface area contributed by atoms with Crippen LogP contribution in [0.2, 0.25) is 0 Å². The number of terminal acetylenes is 1. The van der Waals surface area contributed by atoms with Gasteiger partial charge >= 0.3 is 5.69 Å². The number of aryl methyl sites for hydroxylation is 1. The number of nitrogens with zero attached hydrogens (tertiary/aromatic N) is 2. The average molecular weight is 268 g/mol. The van der Waals surface area contributed by atoms with Crippen molar-refractivity contribution in [2.45, 2.75) is 13.0 Å². The lowest BCUT2D eigenvalue weighted by Gasteiger charge is -2.07. The first kappa shape index (κ1) is 13.6. The summed E-state index contributed by atoms with van der Waals surface area (Å²) in [5.41, 5.74) is -1.05. The van der Waals surface area contributed by atoms with Gasteiger partial charge in [-0.3, -0.25) is 14.2 Å². The molecule has 2 rings (SSSR count). The van der Waals surface area contributed by atoms with Crippen LogP contribution in [-0.4, -0.2) is 15.0 Å². The Hall–Kier alpha value is -2.87. The van der Waals surface area contributed by atoms with E-state index in [0.717, 1.165) is 0 Å². The maximum Gasteiger partial charge on any atom is 0.338 e. The molecule has 0 bridgehead atoms. The molecule has 0 fully saturated rings. The highest BCUT2D eigenvalue weighted by Gasteiger charge is 2.14. The molecule has 0 N–H and O–H groups in total. The fourth-order valence-electron chi connectivity index (χ4n) is 1.77. The summed E-state index contributed by atoms with van der Waals surface area (Å²) in [5, 5.41) is 0. The van der Waals surface area contributed by atoms with Crippen LogP contribution in [0, 0.1) is 12.3 Å². The van der Waals surface area contributed by atoms with E-state index in [0.29, 0.717) is 11.0 Å². The maximum atomic E-state index is 12.2. The first-order valence-corrected chi connectivity index (χ1v) is 6.01. The predicted octanol–water partition coefficient (Wildman–Crippen LogP) is 0.722. The Bertz CT molecular complexity index is 779. The number of carbonyl (C=O) groups is 1. The van der Waals surface area contributed by atoms with Crippen molar-refractivity contribution in [3.05, 3.63) is 69.0 Å². The number of rotatable bonds is 3. The molecule has 1 heterocycles. The lowest BCUT2D eigenvalue weighted by Crippen LogP contribution is -2.43. The average Bonchev–Trinajstić information content (AvgIpc) is 2.47. The van der Waals surface area contributed by atoms with Crippen LogP contribution in [0.3, 0.4) is 0 Å². The van der Waals surface area contributed by atoms with Crippen molar-refractivity contribution in [2.24, 2.45) is 0 Å². The van der Waals surface area contributed by atoms with Crippen LogP contribution in [0.15, 0.2) is 52.2 Å². The summed E-state index contributed by atoms with van der Waals surface area (Å²) in [6.45, 7) is 0.262. The third kappa shape index (κ3) is 2.59. The smallest absolute Gasteiger partial charge is 0.299 e. The van der Waals surface area contributed by atoms with Gasteiger partial charge in [-0.25, -0.2) is 4.79 Å². The molecule has 0 saturated heterocycles. The van der Waals surface area contributed by atoms with Gasteiger partial charge < -0.3 is 0 Å². The zero-order valence-electron chi connectivity index (χ0n) is 10.7. The van der Waals surface area contributed by atoms with E-state index in [4.69, 9.17) is 6.42 Å². The van der Waals surface area contributed by atoms with E-state index in [1.54, 1.807) is 30.3 Å². The van der Waals surface area contributed by atoms with Gasteiger partial charge in [0.2, 0.25) is 0 Å². The van der Waals surface area contributed by atoms with Crippen molar-refractivity contribution in [3.8, 4) is 12.3 Å². The van der Waals surface area contributed by atoms with Crippen LogP contribution < -0.4 is 11.2 Å². The molecule has 0 unspecified atom stereocenters. The van der Waals surface area contributed by atoms with Crippen molar-refractivity contribution in [1.82, 2.24) is 9.13 Å². The summed E-state index contributed by atoms with van der Waals surface area (Å²) in [7, 11) is 0. The van der Waals surface area contributed by atoms with Gasteiger partial charge in [0.15, 0.2) is 0 Å². The van der Waals surface area contributed by atoms with Crippen LogP contribution in [0.5, 0.6) is 0 Å². The summed E-state index contributed by atoms with van der Waals surface area (Å²) in [4.78, 5) is 36.1. The van der Waals surface area contributed by atoms with E-state index in [1.807, 2.05) is 0 Å². The molecular formula is C15H12N2O3. The van der Waals surface area contributed by atoms with E-state index in [1.165, 1.54) is 16.8 Å². The van der Waals surface area contributed by atoms with Crippen LogP contribution in [0.1, 0.15) is 16.8 Å². The Morgan fingerprint density at radius 2 is 1.85 bits per heavy atom. The van der Waals surface area contributed by atoms with Crippen molar-refractivity contribution in [2.75, 3.05) is 0 Å². The zero-order valence-corrected chi connectivity index (χ0v) is 10.7. The molecule has 0 spiro atoms. The van der Waals surface area contributed by atoms with Crippen molar-refractivity contribution in [3.63, 3.8) is 0 Å². The zero-order chi connectivity index (χ0) is 14.5. The van der Waals surface area contributed by atoms with Crippen LogP contribution in [0.4, 0.5) is 0 Å². The van der Waals surface area contributed by atoms with Gasteiger partial charge in [0, 0.05) is 30.8 Å². The van der Waals surface area contributed by atoms with E-state index >= 15 is 0 Å². The van der Waals surface area contributed by atoms with Gasteiger partial charge in [0.1, 0.15) is 0 Å². The lowest BCUT2D eigenvalue weighted by molar-refractivity contribution is 0.0948. The normalized spacial score (nSPS) is 9.95.